The number of anilines is 1. The van der Waals surface area contributed by atoms with Gasteiger partial charge in [-0.2, -0.15) is 5.26 Å². The molecule has 2 fully saturated rings. The molecular formula is C34H34ClN5O3. The number of nitrogens with zero attached hydrogens (tertiary/aromatic N) is 3. The quantitative estimate of drug-likeness (QED) is 0.376. The van der Waals surface area contributed by atoms with Crippen molar-refractivity contribution in [1.29, 1.82) is 5.26 Å². The van der Waals surface area contributed by atoms with E-state index >= 15 is 0 Å². The molecule has 2 aliphatic heterocycles. The fourth-order valence-corrected chi connectivity index (χ4v) is 6.91. The van der Waals surface area contributed by atoms with Crippen LogP contribution in [0.25, 0.3) is 0 Å². The number of fused-ring (bicyclic) bond motifs is 1. The van der Waals surface area contributed by atoms with Crippen LogP contribution in [0.1, 0.15) is 75.6 Å². The third-order valence-electron chi connectivity index (χ3n) is 9.36. The fraction of sp³-hybridized carbons (Fsp3) is 0.353. The summed E-state index contributed by atoms with van der Waals surface area (Å²) in [7, 11) is 0. The number of carbonyl (C=O) groups is 3. The minimum absolute atomic E-state index is 0.0251. The average molecular weight is 596 g/mol. The van der Waals surface area contributed by atoms with Crippen molar-refractivity contribution in [3.05, 3.63) is 99.6 Å². The maximum absolute atomic E-state index is 13.6. The van der Waals surface area contributed by atoms with Crippen molar-refractivity contribution in [2.45, 2.75) is 44.6 Å². The average Bonchev–Trinajstić information content (AvgIpc) is 3.43. The first kappa shape index (κ1) is 28.8. The van der Waals surface area contributed by atoms with Gasteiger partial charge in [0.15, 0.2) is 0 Å². The minimum atomic E-state index is -0.210. The van der Waals surface area contributed by atoms with Crippen molar-refractivity contribution in [3.63, 3.8) is 0 Å². The number of nitrogens with one attached hydrogen (secondary N) is 2. The molecule has 1 atom stereocenters. The first-order chi connectivity index (χ1) is 20.8. The molecule has 4 amide bonds. The number of hydrogen-bond donors (Lipinski definition) is 2. The minimum Gasteiger partial charge on any atom is -0.345 e. The van der Waals surface area contributed by atoms with E-state index in [4.69, 9.17) is 16.9 Å². The molecule has 3 aromatic carbocycles. The Hall–Kier alpha value is -4.35. The fourth-order valence-electron chi connectivity index (χ4n) is 6.69. The number of aryl methyl sites for hydroxylation is 1. The summed E-state index contributed by atoms with van der Waals surface area (Å²) in [6.07, 6.45) is 5.29. The van der Waals surface area contributed by atoms with Crippen LogP contribution >= 0.6 is 11.6 Å². The first-order valence-electron chi connectivity index (χ1n) is 14.9. The van der Waals surface area contributed by atoms with Crippen molar-refractivity contribution in [2.24, 2.45) is 5.41 Å². The molecular weight excluding hydrogens is 562 g/mol. The van der Waals surface area contributed by atoms with Gasteiger partial charge in [0.1, 0.15) is 0 Å². The second-order valence-electron chi connectivity index (χ2n) is 11.9. The summed E-state index contributed by atoms with van der Waals surface area (Å²) in [5.74, 6) is -0.185. The molecule has 8 nitrogen and oxygen atoms in total. The molecule has 220 valence electrons. The van der Waals surface area contributed by atoms with E-state index in [9.17, 15) is 14.4 Å². The number of piperidine rings is 2. The summed E-state index contributed by atoms with van der Waals surface area (Å²) >= 11 is 6.23. The van der Waals surface area contributed by atoms with E-state index in [1.54, 1.807) is 48.5 Å². The Morgan fingerprint density at radius 1 is 0.884 bits per heavy atom. The van der Waals surface area contributed by atoms with Crippen LogP contribution < -0.4 is 10.6 Å². The highest BCUT2D eigenvalue weighted by molar-refractivity contribution is 6.33. The Kier molecular flexibility index (Phi) is 8.09. The second kappa shape index (κ2) is 12.1. The van der Waals surface area contributed by atoms with Crippen LogP contribution in [-0.2, 0) is 6.42 Å². The molecule has 9 heteroatoms. The molecule has 0 bridgehead atoms. The van der Waals surface area contributed by atoms with Crippen LogP contribution in [0, 0.1) is 16.7 Å². The predicted molar refractivity (Wildman–Crippen MR) is 165 cm³/mol. The monoisotopic (exact) mass is 595 g/mol. The summed E-state index contributed by atoms with van der Waals surface area (Å²) in [5, 5.41) is 15.6. The summed E-state index contributed by atoms with van der Waals surface area (Å²) in [6.45, 7) is 2.72. The second-order valence-corrected chi connectivity index (χ2v) is 12.3. The van der Waals surface area contributed by atoms with E-state index in [0.29, 0.717) is 53.6 Å². The number of rotatable bonds is 4. The largest absolute Gasteiger partial charge is 0.345 e. The van der Waals surface area contributed by atoms with Crippen molar-refractivity contribution in [3.8, 4) is 6.07 Å². The van der Waals surface area contributed by atoms with Crippen LogP contribution in [0.2, 0.25) is 5.02 Å². The molecule has 2 saturated heterocycles. The number of urea groups is 1. The molecule has 0 saturated carbocycles. The van der Waals surface area contributed by atoms with Crippen LogP contribution in [0.3, 0.4) is 0 Å². The normalized spacial score (nSPS) is 18.9. The predicted octanol–water partition coefficient (Wildman–Crippen LogP) is 6.18. The highest BCUT2D eigenvalue weighted by Gasteiger charge is 2.40. The van der Waals surface area contributed by atoms with Gasteiger partial charge in [-0.05, 0) is 97.5 Å². The van der Waals surface area contributed by atoms with E-state index in [1.165, 1.54) is 0 Å². The number of benzene rings is 3. The third kappa shape index (κ3) is 6.09. The molecule has 6 rings (SSSR count). The van der Waals surface area contributed by atoms with Gasteiger partial charge >= 0.3 is 6.03 Å². The number of likely N-dealkylation sites (tertiary alicyclic amines) is 2. The maximum Gasteiger partial charge on any atom is 0.321 e. The zero-order valence-electron chi connectivity index (χ0n) is 23.9. The van der Waals surface area contributed by atoms with Gasteiger partial charge in [0, 0.05) is 37.4 Å². The molecule has 2 heterocycles. The van der Waals surface area contributed by atoms with Crippen LogP contribution in [-0.4, -0.2) is 53.8 Å². The molecule has 2 N–H and O–H groups in total. The molecule has 43 heavy (non-hydrogen) atoms. The van der Waals surface area contributed by atoms with E-state index in [2.05, 4.69) is 16.7 Å². The van der Waals surface area contributed by atoms with Crippen LogP contribution in [0.4, 0.5) is 10.5 Å². The molecule has 3 aliphatic rings. The Bertz CT molecular complexity index is 1600. The maximum atomic E-state index is 13.6. The Labute approximate surface area is 256 Å². The smallest absolute Gasteiger partial charge is 0.321 e. The Balaban J connectivity index is 1.03. The standard InChI is InChI=1S/C34H34ClN5O3/c35-29-7-2-1-6-27(29)31(41)38-30-11-10-24-8-9-25(21-28(24)30)32(42)39-16-12-34(13-17-39)14-18-40(19-15-34)33(43)37-26-5-3-4-23(20-26)22-36/h1-9,20-21,30H,10-19H2,(H,37,43)(H,38,41). The highest BCUT2D eigenvalue weighted by Crippen LogP contribution is 2.42. The van der Waals surface area contributed by atoms with Crippen molar-refractivity contribution in [1.82, 2.24) is 15.1 Å². The van der Waals surface area contributed by atoms with E-state index in [1.807, 2.05) is 28.0 Å². The van der Waals surface area contributed by atoms with Gasteiger partial charge in [-0.1, -0.05) is 35.9 Å². The lowest BCUT2D eigenvalue weighted by atomic mass is 9.71. The van der Waals surface area contributed by atoms with Gasteiger partial charge in [-0.25, -0.2) is 4.79 Å². The van der Waals surface area contributed by atoms with Crippen molar-refractivity contribution in [2.75, 3.05) is 31.5 Å². The molecule has 1 aliphatic carbocycles. The number of carbonyl (C=O) groups excluding carboxylic acids is 3. The number of halogens is 1. The lowest BCUT2D eigenvalue weighted by Crippen LogP contribution is -2.50. The van der Waals surface area contributed by atoms with Gasteiger partial charge < -0.3 is 20.4 Å². The summed E-state index contributed by atoms with van der Waals surface area (Å²) in [6, 6.07) is 21.6. The lowest BCUT2D eigenvalue weighted by Gasteiger charge is -2.46. The van der Waals surface area contributed by atoms with Crippen LogP contribution in [0.15, 0.2) is 66.7 Å². The molecule has 0 aromatic heterocycles. The van der Waals surface area contributed by atoms with E-state index < -0.39 is 0 Å². The van der Waals surface area contributed by atoms with Crippen molar-refractivity contribution >= 4 is 35.1 Å². The lowest BCUT2D eigenvalue weighted by molar-refractivity contribution is 0.0380. The zero-order chi connectivity index (χ0) is 30.0. The SMILES string of the molecule is N#Cc1cccc(NC(=O)N2CCC3(CC2)CCN(C(=O)c2ccc4c(c2)C(NC(=O)c2ccccc2Cl)CC4)CC3)c1. The van der Waals surface area contributed by atoms with Gasteiger partial charge in [0.25, 0.3) is 11.8 Å². The zero-order valence-corrected chi connectivity index (χ0v) is 24.7. The first-order valence-corrected chi connectivity index (χ1v) is 15.3. The number of nitriles is 1. The van der Waals surface area contributed by atoms with E-state index in [0.717, 1.165) is 49.7 Å². The summed E-state index contributed by atoms with van der Waals surface area (Å²) in [5.41, 5.74) is 4.54. The topological polar surface area (TPSA) is 106 Å². The van der Waals surface area contributed by atoms with Gasteiger partial charge in [0.2, 0.25) is 0 Å². The van der Waals surface area contributed by atoms with Crippen LogP contribution in [0.5, 0.6) is 0 Å². The summed E-state index contributed by atoms with van der Waals surface area (Å²) in [4.78, 5) is 43.1. The third-order valence-corrected chi connectivity index (χ3v) is 9.69. The van der Waals surface area contributed by atoms with Gasteiger partial charge in [0.05, 0.1) is 28.3 Å². The number of amides is 4. The van der Waals surface area contributed by atoms with E-state index in [-0.39, 0.29) is 29.3 Å². The summed E-state index contributed by atoms with van der Waals surface area (Å²) < 4.78 is 0. The Morgan fingerprint density at radius 3 is 2.33 bits per heavy atom. The highest BCUT2D eigenvalue weighted by atomic mass is 35.5. The molecule has 1 spiro atoms. The molecule has 3 aromatic rings. The van der Waals surface area contributed by atoms with Gasteiger partial charge in [-0.15, -0.1) is 0 Å². The van der Waals surface area contributed by atoms with Crippen molar-refractivity contribution < 1.29 is 14.4 Å². The van der Waals surface area contributed by atoms with Gasteiger partial charge in [-0.3, -0.25) is 9.59 Å². The molecule has 0 radical (unpaired) electrons. The molecule has 1 unspecified atom stereocenters. The number of hydrogen-bond acceptors (Lipinski definition) is 4. The Morgan fingerprint density at radius 2 is 1.60 bits per heavy atom.